The van der Waals surface area contributed by atoms with Crippen molar-refractivity contribution in [2.45, 2.75) is 45.7 Å². The van der Waals surface area contributed by atoms with E-state index in [0.717, 1.165) is 41.6 Å². The third kappa shape index (κ3) is 4.02. The van der Waals surface area contributed by atoms with Gasteiger partial charge in [0.2, 0.25) is 5.91 Å². The number of fused-ring (bicyclic) bond motifs is 3. The van der Waals surface area contributed by atoms with Gasteiger partial charge in [-0.05, 0) is 70.0 Å². The van der Waals surface area contributed by atoms with Crippen LogP contribution in [0, 0.1) is 6.92 Å². The molecule has 8 heteroatoms. The summed E-state index contributed by atoms with van der Waals surface area (Å²) in [6, 6.07) is 5.38. The minimum atomic E-state index is -0.271. The van der Waals surface area contributed by atoms with Gasteiger partial charge in [-0.2, -0.15) is 0 Å². The Kier molecular flexibility index (Phi) is 5.95. The van der Waals surface area contributed by atoms with Crippen LogP contribution in [0.2, 0.25) is 5.02 Å². The van der Waals surface area contributed by atoms with Crippen LogP contribution in [0.4, 0.5) is 5.69 Å². The van der Waals surface area contributed by atoms with Crippen molar-refractivity contribution in [2.24, 2.45) is 0 Å². The molecule has 0 bridgehead atoms. The summed E-state index contributed by atoms with van der Waals surface area (Å²) in [5.74, 6) is 0.335. The first-order valence-electron chi connectivity index (χ1n) is 10.1. The highest BCUT2D eigenvalue weighted by molar-refractivity contribution is 7.18. The molecule has 1 N–H and O–H groups in total. The quantitative estimate of drug-likeness (QED) is 0.645. The van der Waals surface area contributed by atoms with Gasteiger partial charge in [0.05, 0.1) is 11.9 Å². The summed E-state index contributed by atoms with van der Waals surface area (Å²) in [4.78, 5) is 35.2. The summed E-state index contributed by atoms with van der Waals surface area (Å²) in [5, 5.41) is 4.18. The van der Waals surface area contributed by atoms with Crippen molar-refractivity contribution in [2.75, 3.05) is 19.4 Å². The van der Waals surface area contributed by atoms with Gasteiger partial charge in [0.15, 0.2) is 0 Å². The average molecular weight is 445 g/mol. The molecule has 3 aromatic rings. The van der Waals surface area contributed by atoms with Gasteiger partial charge in [-0.15, -0.1) is 11.3 Å². The standard InChI is InChI=1S/C22H25ClN4O2S/c1-13-15(23)8-6-9-16(13)24-19(28)12-27-18(11-26(2)3)25-21-20(22(27)29)14-7-4-5-10-17(14)30-21/h6,8-9H,4-5,7,10-12H2,1-3H3,(H,24,28). The molecule has 0 unspecified atom stereocenters. The van der Waals surface area contributed by atoms with E-state index in [1.54, 1.807) is 29.5 Å². The fraction of sp³-hybridized carbons (Fsp3) is 0.409. The minimum Gasteiger partial charge on any atom is -0.324 e. The Bertz CT molecular complexity index is 1180. The van der Waals surface area contributed by atoms with Crippen LogP contribution in [0.25, 0.3) is 10.2 Å². The Labute approximate surface area is 184 Å². The van der Waals surface area contributed by atoms with E-state index in [2.05, 4.69) is 5.32 Å². The van der Waals surface area contributed by atoms with Crippen molar-refractivity contribution in [1.29, 1.82) is 0 Å². The number of anilines is 1. The zero-order valence-electron chi connectivity index (χ0n) is 17.4. The van der Waals surface area contributed by atoms with E-state index >= 15 is 0 Å². The molecule has 0 radical (unpaired) electrons. The molecule has 4 rings (SSSR count). The highest BCUT2D eigenvalue weighted by Gasteiger charge is 2.23. The normalized spacial score (nSPS) is 13.6. The first-order chi connectivity index (χ1) is 14.3. The lowest BCUT2D eigenvalue weighted by atomic mass is 9.97. The fourth-order valence-corrected chi connectivity index (χ4v) is 5.37. The molecule has 2 aromatic heterocycles. The van der Waals surface area contributed by atoms with E-state index in [9.17, 15) is 9.59 Å². The minimum absolute atomic E-state index is 0.0818. The monoisotopic (exact) mass is 444 g/mol. The molecule has 6 nitrogen and oxygen atoms in total. The molecule has 2 heterocycles. The van der Waals surface area contributed by atoms with Gasteiger partial charge in [0, 0.05) is 15.6 Å². The molecule has 0 atom stereocenters. The predicted octanol–water partition coefficient (Wildman–Crippen LogP) is 4.00. The average Bonchev–Trinajstić information content (AvgIpc) is 3.06. The lowest BCUT2D eigenvalue weighted by Crippen LogP contribution is -2.33. The van der Waals surface area contributed by atoms with E-state index in [1.807, 2.05) is 25.9 Å². The number of nitrogens with one attached hydrogen (secondary N) is 1. The molecule has 30 heavy (non-hydrogen) atoms. The number of carbonyl (C=O) groups is 1. The van der Waals surface area contributed by atoms with Gasteiger partial charge < -0.3 is 10.2 Å². The number of aryl methyl sites for hydroxylation is 2. The second-order valence-corrected chi connectivity index (χ2v) is 9.50. The molecule has 158 valence electrons. The van der Waals surface area contributed by atoms with Gasteiger partial charge in [0.1, 0.15) is 17.2 Å². The van der Waals surface area contributed by atoms with Crippen molar-refractivity contribution in [3.63, 3.8) is 0 Å². The summed E-state index contributed by atoms with van der Waals surface area (Å²) in [6.45, 7) is 2.26. The van der Waals surface area contributed by atoms with Crippen LogP contribution >= 0.6 is 22.9 Å². The number of amides is 1. The Hall–Kier alpha value is -2.22. The Balaban J connectivity index is 1.74. The number of rotatable bonds is 5. The highest BCUT2D eigenvalue weighted by atomic mass is 35.5. The Morgan fingerprint density at radius 3 is 2.83 bits per heavy atom. The van der Waals surface area contributed by atoms with Crippen LogP contribution in [-0.4, -0.2) is 34.5 Å². The van der Waals surface area contributed by atoms with E-state index in [4.69, 9.17) is 16.6 Å². The maximum absolute atomic E-state index is 13.5. The summed E-state index contributed by atoms with van der Waals surface area (Å²) >= 11 is 7.80. The topological polar surface area (TPSA) is 67.2 Å². The second-order valence-electron chi connectivity index (χ2n) is 8.01. The van der Waals surface area contributed by atoms with Crippen LogP contribution in [0.5, 0.6) is 0 Å². The number of aromatic nitrogens is 2. The van der Waals surface area contributed by atoms with Crippen molar-refractivity contribution < 1.29 is 4.79 Å². The van der Waals surface area contributed by atoms with Gasteiger partial charge in [-0.3, -0.25) is 14.2 Å². The SMILES string of the molecule is Cc1c(Cl)cccc1NC(=O)Cn1c(CN(C)C)nc2sc3c(c2c1=O)CCCC3. The first-order valence-corrected chi connectivity index (χ1v) is 11.3. The molecule has 1 aromatic carbocycles. The first kappa shape index (κ1) is 21.0. The van der Waals surface area contributed by atoms with Crippen molar-refractivity contribution in [3.05, 3.63) is 55.4 Å². The molecule has 1 amide bonds. The van der Waals surface area contributed by atoms with Gasteiger partial charge >= 0.3 is 0 Å². The number of benzene rings is 1. The highest BCUT2D eigenvalue weighted by Crippen LogP contribution is 2.34. The van der Waals surface area contributed by atoms with E-state index < -0.39 is 0 Å². The van der Waals surface area contributed by atoms with Crippen LogP contribution in [0.1, 0.15) is 34.7 Å². The fourth-order valence-electron chi connectivity index (χ4n) is 3.92. The number of thiophene rings is 1. The summed E-state index contributed by atoms with van der Waals surface area (Å²) in [6.07, 6.45) is 4.16. The molecule has 0 saturated heterocycles. The van der Waals surface area contributed by atoms with Gasteiger partial charge in [-0.1, -0.05) is 17.7 Å². The zero-order valence-corrected chi connectivity index (χ0v) is 19.0. The maximum Gasteiger partial charge on any atom is 0.263 e. The predicted molar refractivity (Wildman–Crippen MR) is 123 cm³/mol. The Morgan fingerprint density at radius 2 is 2.07 bits per heavy atom. The van der Waals surface area contributed by atoms with Crippen molar-refractivity contribution >= 4 is 44.7 Å². The third-order valence-corrected chi connectivity index (χ3v) is 7.05. The van der Waals surface area contributed by atoms with Crippen molar-refractivity contribution in [1.82, 2.24) is 14.5 Å². The molecular formula is C22H25ClN4O2S. The third-order valence-electron chi connectivity index (χ3n) is 5.46. The largest absolute Gasteiger partial charge is 0.324 e. The summed E-state index contributed by atoms with van der Waals surface area (Å²) < 4.78 is 1.53. The molecule has 1 aliphatic carbocycles. The second kappa shape index (κ2) is 8.49. The molecule has 1 aliphatic rings. The number of hydrogen-bond acceptors (Lipinski definition) is 5. The molecule has 0 saturated carbocycles. The van der Waals surface area contributed by atoms with Crippen LogP contribution in [-0.2, 0) is 30.7 Å². The maximum atomic E-state index is 13.5. The number of nitrogens with zero attached hydrogens (tertiary/aromatic N) is 3. The zero-order chi connectivity index (χ0) is 21.4. The molecule has 0 fully saturated rings. The number of halogens is 1. The summed E-state index contributed by atoms with van der Waals surface area (Å²) in [7, 11) is 3.85. The van der Waals surface area contributed by atoms with Crippen LogP contribution < -0.4 is 10.9 Å². The van der Waals surface area contributed by atoms with Gasteiger partial charge in [0.25, 0.3) is 5.56 Å². The van der Waals surface area contributed by atoms with E-state index in [1.165, 1.54) is 9.44 Å². The summed E-state index contributed by atoms with van der Waals surface area (Å²) in [5.41, 5.74) is 2.47. The molecule has 0 spiro atoms. The van der Waals surface area contributed by atoms with Crippen LogP contribution in [0.15, 0.2) is 23.0 Å². The lowest BCUT2D eigenvalue weighted by molar-refractivity contribution is -0.116. The van der Waals surface area contributed by atoms with Crippen LogP contribution in [0.3, 0.4) is 0 Å². The molecular weight excluding hydrogens is 420 g/mol. The lowest BCUT2D eigenvalue weighted by Gasteiger charge is -2.17. The smallest absolute Gasteiger partial charge is 0.263 e. The van der Waals surface area contributed by atoms with Gasteiger partial charge in [-0.25, -0.2) is 4.98 Å². The number of hydrogen-bond donors (Lipinski definition) is 1. The van der Waals surface area contributed by atoms with Crippen molar-refractivity contribution in [3.8, 4) is 0 Å². The molecule has 0 aliphatic heterocycles. The van der Waals surface area contributed by atoms with E-state index in [-0.39, 0.29) is 18.0 Å². The van der Waals surface area contributed by atoms with E-state index in [0.29, 0.717) is 28.5 Å². The number of carbonyl (C=O) groups excluding carboxylic acids is 1. The Morgan fingerprint density at radius 1 is 1.30 bits per heavy atom.